The summed E-state index contributed by atoms with van der Waals surface area (Å²) in [5, 5.41) is 0.489. The lowest BCUT2D eigenvalue weighted by Crippen LogP contribution is -2.34. The number of sulfonamides is 1. The number of benzene rings is 1. The van der Waals surface area contributed by atoms with Crippen LogP contribution in [0.5, 0.6) is 0 Å². The maximum Gasteiger partial charge on any atom is 0.242 e. The van der Waals surface area contributed by atoms with Crippen molar-refractivity contribution in [3.8, 4) is 0 Å². The van der Waals surface area contributed by atoms with Crippen LogP contribution in [0.25, 0.3) is 0 Å². The molecular formula is C11H14Cl2N2O2S2. The van der Waals surface area contributed by atoms with Crippen molar-refractivity contribution in [1.29, 1.82) is 0 Å². The van der Waals surface area contributed by atoms with E-state index in [1.807, 2.05) is 0 Å². The number of halogens is 2. The van der Waals surface area contributed by atoms with Gasteiger partial charge in [-0.15, -0.1) is 0 Å². The van der Waals surface area contributed by atoms with Crippen molar-refractivity contribution >= 4 is 45.0 Å². The van der Waals surface area contributed by atoms with E-state index in [1.165, 1.54) is 12.1 Å². The minimum Gasteiger partial charge on any atom is -0.326 e. The van der Waals surface area contributed by atoms with Crippen LogP contribution in [0.2, 0.25) is 10.0 Å². The summed E-state index contributed by atoms with van der Waals surface area (Å²) in [7, 11) is -3.63. The van der Waals surface area contributed by atoms with E-state index in [0.717, 1.165) is 17.9 Å². The average molecular weight is 341 g/mol. The highest BCUT2D eigenvalue weighted by molar-refractivity contribution is 7.99. The molecule has 8 heteroatoms. The van der Waals surface area contributed by atoms with Crippen LogP contribution in [-0.4, -0.2) is 26.0 Å². The third-order valence-corrected chi connectivity index (χ3v) is 6.36. The molecule has 1 atom stereocenters. The topological polar surface area (TPSA) is 72.2 Å². The number of rotatable bonds is 4. The maximum absolute atomic E-state index is 12.3. The first kappa shape index (κ1) is 15.4. The van der Waals surface area contributed by atoms with Crippen molar-refractivity contribution in [2.75, 3.05) is 11.5 Å². The molecule has 0 aromatic heterocycles. The summed E-state index contributed by atoms with van der Waals surface area (Å²) >= 11 is 13.6. The second-order valence-corrected chi connectivity index (χ2v) is 7.91. The Balaban J connectivity index is 2.33. The van der Waals surface area contributed by atoms with E-state index in [1.54, 1.807) is 11.8 Å². The van der Waals surface area contributed by atoms with Crippen LogP contribution < -0.4 is 10.5 Å². The second kappa shape index (κ2) is 6.20. The number of hydrogen-bond donors (Lipinski definition) is 2. The molecule has 1 unspecified atom stereocenters. The Labute approximate surface area is 127 Å². The van der Waals surface area contributed by atoms with Gasteiger partial charge >= 0.3 is 0 Å². The summed E-state index contributed by atoms with van der Waals surface area (Å²) in [6.45, 7) is 0.164. The molecular weight excluding hydrogens is 327 g/mol. The first-order chi connectivity index (χ1) is 8.94. The smallest absolute Gasteiger partial charge is 0.242 e. The van der Waals surface area contributed by atoms with Crippen LogP contribution >= 0.6 is 35.0 Å². The molecule has 1 saturated heterocycles. The van der Waals surface area contributed by atoms with Crippen molar-refractivity contribution in [1.82, 2.24) is 4.72 Å². The number of hydrogen-bond acceptors (Lipinski definition) is 4. The highest BCUT2D eigenvalue weighted by Crippen LogP contribution is 2.29. The van der Waals surface area contributed by atoms with Gasteiger partial charge in [0, 0.05) is 23.4 Å². The second-order valence-electron chi connectivity index (χ2n) is 4.26. The molecule has 0 spiro atoms. The molecule has 1 aliphatic heterocycles. The van der Waals surface area contributed by atoms with E-state index in [4.69, 9.17) is 28.9 Å². The van der Waals surface area contributed by atoms with E-state index in [0.29, 0.717) is 10.6 Å². The van der Waals surface area contributed by atoms with Crippen molar-refractivity contribution < 1.29 is 8.42 Å². The Hall–Kier alpha value is 0.0200. The van der Waals surface area contributed by atoms with Gasteiger partial charge < -0.3 is 5.73 Å². The first-order valence-corrected chi connectivity index (χ1v) is 9.11. The zero-order valence-electron chi connectivity index (χ0n) is 10.0. The predicted octanol–water partition coefficient (Wildman–Crippen LogP) is 2.24. The lowest BCUT2D eigenvalue weighted by atomic mass is 10.2. The molecule has 0 aliphatic carbocycles. The van der Waals surface area contributed by atoms with Crippen LogP contribution in [0.15, 0.2) is 17.0 Å². The van der Waals surface area contributed by atoms with E-state index in [2.05, 4.69) is 4.72 Å². The third kappa shape index (κ3) is 3.56. The summed E-state index contributed by atoms with van der Waals surface area (Å²) in [6, 6.07) is 2.82. The van der Waals surface area contributed by atoms with E-state index in [9.17, 15) is 8.42 Å². The standard InChI is InChI=1S/C11H14Cl2N2O2S2/c12-9-4-10(13)11(3-7(9)5-14)19(16,17)15-8-1-2-18-6-8/h3-4,8,15H,1-2,5-6,14H2. The van der Waals surface area contributed by atoms with Crippen LogP contribution in [-0.2, 0) is 16.6 Å². The van der Waals surface area contributed by atoms with Crippen molar-refractivity contribution in [3.63, 3.8) is 0 Å². The monoisotopic (exact) mass is 340 g/mol. The average Bonchev–Trinajstić information content (AvgIpc) is 2.80. The number of thioether (sulfide) groups is 1. The highest BCUT2D eigenvalue weighted by Gasteiger charge is 2.25. The minimum atomic E-state index is -3.63. The zero-order valence-corrected chi connectivity index (χ0v) is 13.2. The van der Waals surface area contributed by atoms with Crippen LogP contribution in [0.4, 0.5) is 0 Å². The van der Waals surface area contributed by atoms with E-state index >= 15 is 0 Å². The quantitative estimate of drug-likeness (QED) is 0.881. The normalized spacial score (nSPS) is 19.8. The fourth-order valence-corrected chi connectivity index (χ4v) is 5.25. The van der Waals surface area contributed by atoms with Gasteiger partial charge in [-0.1, -0.05) is 23.2 Å². The molecule has 0 radical (unpaired) electrons. The van der Waals surface area contributed by atoms with Gasteiger partial charge in [0.2, 0.25) is 10.0 Å². The van der Waals surface area contributed by atoms with Crippen LogP contribution in [0.3, 0.4) is 0 Å². The number of nitrogens with two attached hydrogens (primary N) is 1. The lowest BCUT2D eigenvalue weighted by molar-refractivity contribution is 0.563. The summed E-state index contributed by atoms with van der Waals surface area (Å²) in [5.41, 5.74) is 6.09. The summed E-state index contributed by atoms with van der Waals surface area (Å²) in [4.78, 5) is 0.0379. The molecule has 0 amide bonds. The van der Waals surface area contributed by atoms with Crippen molar-refractivity contribution in [2.45, 2.75) is 23.9 Å². The number of nitrogens with one attached hydrogen (secondary N) is 1. The minimum absolute atomic E-state index is 0.0379. The highest BCUT2D eigenvalue weighted by atomic mass is 35.5. The first-order valence-electron chi connectivity index (χ1n) is 5.72. The van der Waals surface area contributed by atoms with Gasteiger partial charge in [-0.05, 0) is 29.9 Å². The van der Waals surface area contributed by atoms with Crippen LogP contribution in [0.1, 0.15) is 12.0 Å². The molecule has 1 fully saturated rings. The molecule has 2 rings (SSSR count). The summed E-state index contributed by atoms with van der Waals surface area (Å²) in [6.07, 6.45) is 0.832. The zero-order chi connectivity index (χ0) is 14.0. The van der Waals surface area contributed by atoms with Crippen LogP contribution in [0, 0.1) is 0 Å². The third-order valence-electron chi connectivity index (χ3n) is 2.86. The molecule has 19 heavy (non-hydrogen) atoms. The molecule has 3 N–H and O–H groups in total. The molecule has 1 aromatic carbocycles. The van der Waals surface area contributed by atoms with E-state index in [-0.39, 0.29) is 22.5 Å². The summed E-state index contributed by atoms with van der Waals surface area (Å²) < 4.78 is 27.3. The van der Waals surface area contributed by atoms with Crippen molar-refractivity contribution in [2.24, 2.45) is 5.73 Å². The van der Waals surface area contributed by atoms with Gasteiger partial charge in [0.05, 0.1) is 5.02 Å². The molecule has 1 heterocycles. The van der Waals surface area contributed by atoms with Gasteiger partial charge in [-0.3, -0.25) is 0 Å². The van der Waals surface area contributed by atoms with Gasteiger partial charge in [-0.2, -0.15) is 11.8 Å². The van der Waals surface area contributed by atoms with E-state index < -0.39 is 10.0 Å². The fourth-order valence-electron chi connectivity index (χ4n) is 1.84. The molecule has 1 aliphatic rings. The Morgan fingerprint density at radius 1 is 1.37 bits per heavy atom. The molecule has 106 valence electrons. The largest absolute Gasteiger partial charge is 0.326 e. The van der Waals surface area contributed by atoms with Crippen molar-refractivity contribution in [3.05, 3.63) is 27.7 Å². The fraction of sp³-hybridized carbons (Fsp3) is 0.455. The molecule has 0 saturated carbocycles. The van der Waals surface area contributed by atoms with Gasteiger partial charge in [0.25, 0.3) is 0 Å². The van der Waals surface area contributed by atoms with Gasteiger partial charge in [0.1, 0.15) is 4.90 Å². The Bertz CT molecular complexity index is 572. The Morgan fingerprint density at radius 3 is 2.68 bits per heavy atom. The molecule has 1 aromatic rings. The molecule has 0 bridgehead atoms. The molecule has 4 nitrogen and oxygen atoms in total. The Morgan fingerprint density at radius 2 is 2.11 bits per heavy atom. The maximum atomic E-state index is 12.3. The SMILES string of the molecule is NCc1cc(S(=O)(=O)NC2CCSC2)c(Cl)cc1Cl. The van der Waals surface area contributed by atoms with Gasteiger partial charge in [-0.25, -0.2) is 13.1 Å². The summed E-state index contributed by atoms with van der Waals surface area (Å²) in [5.74, 6) is 1.75. The Kier molecular flexibility index (Phi) is 5.03. The lowest BCUT2D eigenvalue weighted by Gasteiger charge is -2.14. The predicted molar refractivity (Wildman–Crippen MR) is 80.4 cm³/mol. The van der Waals surface area contributed by atoms with Gasteiger partial charge in [0.15, 0.2) is 0 Å².